The van der Waals surface area contributed by atoms with Crippen LogP contribution in [0.1, 0.15) is 110 Å². The van der Waals surface area contributed by atoms with E-state index in [9.17, 15) is 28.5 Å². The van der Waals surface area contributed by atoms with Crippen molar-refractivity contribution < 1.29 is 56.2 Å². The lowest BCUT2D eigenvalue weighted by atomic mass is 9.99. The first-order valence-corrected chi connectivity index (χ1v) is 18.0. The molecule has 0 aromatic carbocycles. The fourth-order valence-corrected chi connectivity index (χ4v) is 5.30. The number of carbonyl (C=O) groups excluding carboxylic acids is 1. The maximum atomic E-state index is 11.9. The Labute approximate surface area is 270 Å². The molecule has 4 N–H and O–H groups in total. The molecule has 12 nitrogen and oxygen atoms in total. The van der Waals surface area contributed by atoms with E-state index in [0.717, 1.165) is 32.1 Å². The minimum atomic E-state index is -5.04. The van der Waals surface area contributed by atoms with Gasteiger partial charge in [-0.15, -0.1) is 0 Å². The molecule has 1 aliphatic heterocycles. The van der Waals surface area contributed by atoms with Gasteiger partial charge in [0.15, 0.2) is 6.29 Å². The van der Waals surface area contributed by atoms with E-state index in [1.54, 1.807) is 6.92 Å². The highest BCUT2D eigenvalue weighted by molar-refractivity contribution is 7.80. The lowest BCUT2D eigenvalue weighted by Gasteiger charge is -2.41. The third-order valence-corrected chi connectivity index (χ3v) is 7.85. The Hall–Kier alpha value is -1.42. The molecule has 0 aliphatic carbocycles. The predicted octanol–water partition coefficient (Wildman–Crippen LogP) is 4.56. The molecule has 264 valence electrons. The van der Waals surface area contributed by atoms with Gasteiger partial charge in [0.05, 0.1) is 19.8 Å². The molecule has 45 heavy (non-hydrogen) atoms. The molecular formula is C32H58O12S. The van der Waals surface area contributed by atoms with Crippen molar-refractivity contribution in [3.63, 3.8) is 0 Å². The number of aliphatic hydroxyl groups is 3. The highest BCUT2D eigenvalue weighted by Gasteiger charge is 2.48. The van der Waals surface area contributed by atoms with Gasteiger partial charge in [-0.05, 0) is 38.5 Å². The number of hydrogen-bond donors (Lipinski definition) is 4. The Morgan fingerprint density at radius 1 is 0.844 bits per heavy atom. The van der Waals surface area contributed by atoms with Crippen LogP contribution in [0.2, 0.25) is 0 Å². The van der Waals surface area contributed by atoms with E-state index in [0.29, 0.717) is 6.61 Å². The number of allylic oxidation sites excluding steroid dienone is 4. The first-order valence-electron chi connectivity index (χ1n) is 16.6. The molecule has 6 unspecified atom stereocenters. The molecular weight excluding hydrogens is 608 g/mol. The zero-order valence-corrected chi connectivity index (χ0v) is 28.0. The Morgan fingerprint density at radius 2 is 1.44 bits per heavy atom. The van der Waals surface area contributed by atoms with Gasteiger partial charge in [0.2, 0.25) is 0 Å². The largest absolute Gasteiger partial charge is 0.457 e. The van der Waals surface area contributed by atoms with Crippen molar-refractivity contribution in [3.8, 4) is 0 Å². The summed E-state index contributed by atoms with van der Waals surface area (Å²) in [5, 5.41) is 30.0. The van der Waals surface area contributed by atoms with E-state index in [1.807, 2.05) is 0 Å². The molecule has 0 bridgehead atoms. The minimum Gasteiger partial charge on any atom is -0.457 e. The minimum absolute atomic E-state index is 0.0231. The third-order valence-electron chi connectivity index (χ3n) is 7.38. The summed E-state index contributed by atoms with van der Waals surface area (Å²) < 4.78 is 57.5. The summed E-state index contributed by atoms with van der Waals surface area (Å²) in [6.45, 7) is 3.31. The second-order valence-corrected chi connectivity index (χ2v) is 12.4. The van der Waals surface area contributed by atoms with Crippen LogP contribution in [0.15, 0.2) is 24.3 Å². The molecule has 0 aromatic rings. The van der Waals surface area contributed by atoms with Crippen molar-refractivity contribution in [3.05, 3.63) is 24.3 Å². The Kier molecular flexibility index (Phi) is 23.7. The zero-order chi connectivity index (χ0) is 33.3. The number of rotatable bonds is 27. The van der Waals surface area contributed by atoms with Crippen LogP contribution < -0.4 is 0 Å². The lowest BCUT2D eigenvalue weighted by Crippen LogP contribution is -2.60. The second kappa shape index (κ2) is 25.6. The number of ether oxygens (including phenoxy) is 4. The lowest BCUT2D eigenvalue weighted by molar-refractivity contribution is -0.301. The van der Waals surface area contributed by atoms with Gasteiger partial charge < -0.3 is 34.3 Å². The number of aliphatic hydroxyl groups excluding tert-OH is 3. The molecule has 1 fully saturated rings. The highest BCUT2D eigenvalue weighted by Crippen LogP contribution is 2.25. The highest BCUT2D eigenvalue weighted by atomic mass is 32.3. The molecule has 1 rings (SSSR count). The summed E-state index contributed by atoms with van der Waals surface area (Å²) >= 11 is 0. The Balaban J connectivity index is 2.24. The van der Waals surface area contributed by atoms with Crippen LogP contribution in [0.4, 0.5) is 0 Å². The van der Waals surface area contributed by atoms with Gasteiger partial charge in [-0.3, -0.25) is 9.35 Å². The first-order chi connectivity index (χ1) is 21.6. The van der Waals surface area contributed by atoms with Gasteiger partial charge in [0.1, 0.15) is 30.5 Å². The summed E-state index contributed by atoms with van der Waals surface area (Å²) in [5.41, 5.74) is 0. The molecule has 13 heteroatoms. The van der Waals surface area contributed by atoms with Crippen molar-refractivity contribution in [2.45, 2.75) is 147 Å². The van der Waals surface area contributed by atoms with Crippen LogP contribution in [-0.4, -0.2) is 97.5 Å². The maximum Gasteiger partial charge on any atom is 0.397 e. The number of unbranched alkanes of at least 4 members (excludes halogenated alkanes) is 11. The molecule has 1 heterocycles. The molecule has 0 spiro atoms. The first kappa shape index (κ1) is 41.6. The van der Waals surface area contributed by atoms with Crippen molar-refractivity contribution >= 4 is 16.4 Å². The number of hydrogen-bond acceptors (Lipinski definition) is 11. The third kappa shape index (κ3) is 20.4. The summed E-state index contributed by atoms with van der Waals surface area (Å²) in [6, 6.07) is 0. The molecule has 0 aromatic heterocycles. The monoisotopic (exact) mass is 666 g/mol. The fraction of sp³-hybridized carbons (Fsp3) is 0.844. The standard InChI is InChI=1S/C32H58O12S/c1-3-5-6-7-8-9-10-11-12-13-14-15-16-17-18-19-20-21-22-40-24-26(42-28(34)4-2)25-41-32-30(36)31(44-45(37,38)39)29(35)27(23-33)43-32/h8-9,11-12,26-27,29-33,35-36H,3-7,10,13-25H2,1-2H3,(H,37,38,39)/b9-8-,12-11-. The van der Waals surface area contributed by atoms with Crippen molar-refractivity contribution in [2.24, 2.45) is 0 Å². The number of esters is 1. The molecule has 0 saturated carbocycles. The van der Waals surface area contributed by atoms with E-state index in [1.165, 1.54) is 57.8 Å². The molecule has 0 radical (unpaired) electrons. The molecule has 0 amide bonds. The van der Waals surface area contributed by atoms with Crippen LogP contribution in [-0.2, 0) is 38.3 Å². The van der Waals surface area contributed by atoms with E-state index in [-0.39, 0.29) is 19.6 Å². The maximum absolute atomic E-state index is 11.9. The predicted molar refractivity (Wildman–Crippen MR) is 170 cm³/mol. The van der Waals surface area contributed by atoms with Crippen molar-refractivity contribution in [1.82, 2.24) is 0 Å². The van der Waals surface area contributed by atoms with Gasteiger partial charge in [0, 0.05) is 13.0 Å². The molecule has 1 aliphatic rings. The van der Waals surface area contributed by atoms with Crippen LogP contribution in [0, 0.1) is 0 Å². The van der Waals surface area contributed by atoms with Crippen LogP contribution >= 0.6 is 0 Å². The SMILES string of the molecule is CCCCC/C=C\C/C=C\CCCCCCCCCCOCC(COC1OC(CO)C(O)C(OS(=O)(=O)O)C1O)OC(=O)CC. The molecule has 1 saturated heterocycles. The van der Waals surface area contributed by atoms with E-state index < -0.39 is 59.8 Å². The van der Waals surface area contributed by atoms with Crippen molar-refractivity contribution in [2.75, 3.05) is 26.4 Å². The van der Waals surface area contributed by atoms with Gasteiger partial charge >= 0.3 is 16.4 Å². The van der Waals surface area contributed by atoms with Crippen LogP contribution in [0.25, 0.3) is 0 Å². The summed E-state index contributed by atoms with van der Waals surface area (Å²) in [4.78, 5) is 11.9. The molecule has 6 atom stereocenters. The van der Waals surface area contributed by atoms with Gasteiger partial charge in [0.25, 0.3) is 0 Å². The topological polar surface area (TPSA) is 178 Å². The van der Waals surface area contributed by atoms with Crippen LogP contribution in [0.3, 0.4) is 0 Å². The summed E-state index contributed by atoms with van der Waals surface area (Å²) in [6.07, 6.45) is 16.3. The smallest absolute Gasteiger partial charge is 0.397 e. The number of carbonyl (C=O) groups is 1. The van der Waals surface area contributed by atoms with Crippen LogP contribution in [0.5, 0.6) is 0 Å². The van der Waals surface area contributed by atoms with Gasteiger partial charge in [-0.25, -0.2) is 4.18 Å². The normalized spacial score (nSPS) is 23.2. The van der Waals surface area contributed by atoms with E-state index in [4.69, 9.17) is 23.5 Å². The van der Waals surface area contributed by atoms with Gasteiger partial charge in [-0.1, -0.05) is 89.5 Å². The summed E-state index contributed by atoms with van der Waals surface area (Å²) in [5.74, 6) is -0.491. The second-order valence-electron chi connectivity index (χ2n) is 11.4. The van der Waals surface area contributed by atoms with E-state index >= 15 is 0 Å². The Morgan fingerprint density at radius 3 is 2.02 bits per heavy atom. The average Bonchev–Trinajstić information content (AvgIpc) is 3.00. The van der Waals surface area contributed by atoms with Gasteiger partial charge in [-0.2, -0.15) is 8.42 Å². The van der Waals surface area contributed by atoms with E-state index in [2.05, 4.69) is 35.4 Å². The summed E-state index contributed by atoms with van der Waals surface area (Å²) in [7, 11) is -5.04. The van der Waals surface area contributed by atoms with Crippen molar-refractivity contribution in [1.29, 1.82) is 0 Å². The Bertz CT molecular complexity index is 910. The average molecular weight is 667 g/mol. The fourth-order valence-electron chi connectivity index (χ4n) is 4.79. The zero-order valence-electron chi connectivity index (χ0n) is 27.2. The quantitative estimate of drug-likeness (QED) is 0.0416.